The largest absolute Gasteiger partial charge is 0.497 e. The summed E-state index contributed by atoms with van der Waals surface area (Å²) in [5, 5.41) is 10.6. The van der Waals surface area contributed by atoms with E-state index in [2.05, 4.69) is 6.07 Å². The molecule has 0 aliphatic rings. The van der Waals surface area contributed by atoms with Crippen LogP contribution in [-0.2, 0) is 6.54 Å². The molecule has 125 valence electrons. The second-order valence-corrected chi connectivity index (χ2v) is 5.46. The Labute approximate surface area is 143 Å². The van der Waals surface area contributed by atoms with Gasteiger partial charge in [0.25, 0.3) is 5.56 Å². The van der Waals surface area contributed by atoms with Crippen LogP contribution in [0.15, 0.2) is 47.3 Å². The van der Waals surface area contributed by atoms with E-state index in [1.165, 1.54) is 23.8 Å². The molecule has 3 rings (SSSR count). The Bertz CT molecular complexity index is 1050. The number of fused-ring (bicyclic) bond motifs is 1. The summed E-state index contributed by atoms with van der Waals surface area (Å²) >= 11 is 0. The van der Waals surface area contributed by atoms with Crippen LogP contribution in [0.3, 0.4) is 0 Å². The first kappa shape index (κ1) is 16.7. The van der Waals surface area contributed by atoms with E-state index in [0.29, 0.717) is 27.6 Å². The van der Waals surface area contributed by atoms with Crippen molar-refractivity contribution in [2.75, 3.05) is 13.7 Å². The van der Waals surface area contributed by atoms with Crippen molar-refractivity contribution in [2.45, 2.75) is 6.54 Å². The third kappa shape index (κ3) is 2.86. The average molecular weight is 336 g/mol. The summed E-state index contributed by atoms with van der Waals surface area (Å²) in [6.07, 6.45) is 0. The molecule has 2 aromatic carbocycles. The molecule has 5 nitrogen and oxygen atoms in total. The van der Waals surface area contributed by atoms with Gasteiger partial charge in [0.05, 0.1) is 7.11 Å². The minimum absolute atomic E-state index is 0.0428. The van der Waals surface area contributed by atoms with Gasteiger partial charge in [0.2, 0.25) is 0 Å². The van der Waals surface area contributed by atoms with Crippen LogP contribution < -0.4 is 16.0 Å². The predicted molar refractivity (Wildman–Crippen MR) is 92.8 cm³/mol. The Morgan fingerprint density at radius 1 is 1.24 bits per heavy atom. The molecule has 0 unspecified atom stereocenters. The number of hydrogen-bond acceptors (Lipinski definition) is 3. The SMILES string of the molecule is COc1ccc2c(=O)n(CC[NH])c(C#N)c(-c3cccc(F)c3)c2c1. The molecule has 0 atom stereocenters. The van der Waals surface area contributed by atoms with Gasteiger partial charge in [-0.2, -0.15) is 5.26 Å². The molecule has 3 aromatic rings. The van der Waals surface area contributed by atoms with E-state index in [4.69, 9.17) is 10.5 Å². The van der Waals surface area contributed by atoms with Crippen molar-refractivity contribution in [3.8, 4) is 22.9 Å². The summed E-state index contributed by atoms with van der Waals surface area (Å²) in [6.45, 7) is 0.0465. The van der Waals surface area contributed by atoms with Crippen molar-refractivity contribution in [2.24, 2.45) is 0 Å². The third-order valence-electron chi connectivity index (χ3n) is 4.03. The Hall–Kier alpha value is -3.17. The van der Waals surface area contributed by atoms with Gasteiger partial charge in [-0.15, -0.1) is 0 Å². The van der Waals surface area contributed by atoms with Gasteiger partial charge in [-0.25, -0.2) is 4.39 Å². The summed E-state index contributed by atoms with van der Waals surface area (Å²) in [7, 11) is 1.51. The monoisotopic (exact) mass is 336 g/mol. The highest BCUT2D eigenvalue weighted by Crippen LogP contribution is 2.32. The molecular formula is C19H15FN3O2. The minimum Gasteiger partial charge on any atom is -0.497 e. The number of benzene rings is 2. The molecular weight excluding hydrogens is 321 g/mol. The summed E-state index contributed by atoms with van der Waals surface area (Å²) in [6, 6.07) is 12.9. The van der Waals surface area contributed by atoms with Gasteiger partial charge < -0.3 is 4.74 Å². The lowest BCUT2D eigenvalue weighted by Crippen LogP contribution is -2.25. The quantitative estimate of drug-likeness (QED) is 0.735. The molecule has 1 N–H and O–H groups in total. The number of halogens is 1. The molecule has 0 aliphatic heterocycles. The molecule has 0 bridgehead atoms. The minimum atomic E-state index is -0.435. The zero-order valence-electron chi connectivity index (χ0n) is 13.5. The lowest BCUT2D eigenvalue weighted by molar-refractivity contribution is 0.415. The first-order valence-electron chi connectivity index (χ1n) is 7.66. The number of nitrogens with one attached hydrogen (secondary N) is 1. The highest BCUT2D eigenvalue weighted by atomic mass is 19.1. The summed E-state index contributed by atoms with van der Waals surface area (Å²) in [4.78, 5) is 12.8. The first-order valence-corrected chi connectivity index (χ1v) is 7.66. The number of nitriles is 1. The van der Waals surface area contributed by atoms with Crippen LogP contribution in [0.1, 0.15) is 5.69 Å². The van der Waals surface area contributed by atoms with E-state index >= 15 is 0 Å². The number of aromatic nitrogens is 1. The van der Waals surface area contributed by atoms with Crippen LogP contribution in [0.4, 0.5) is 4.39 Å². The highest BCUT2D eigenvalue weighted by Gasteiger charge is 2.18. The van der Waals surface area contributed by atoms with Crippen molar-refractivity contribution in [1.82, 2.24) is 10.3 Å². The van der Waals surface area contributed by atoms with Gasteiger partial charge in [0.1, 0.15) is 23.3 Å². The van der Waals surface area contributed by atoms with E-state index in [-0.39, 0.29) is 24.3 Å². The van der Waals surface area contributed by atoms with Gasteiger partial charge >= 0.3 is 0 Å². The van der Waals surface area contributed by atoms with Crippen LogP contribution in [0, 0.1) is 17.1 Å². The fraction of sp³-hybridized carbons (Fsp3) is 0.158. The van der Waals surface area contributed by atoms with Crippen LogP contribution in [0.5, 0.6) is 5.75 Å². The van der Waals surface area contributed by atoms with E-state index in [0.717, 1.165) is 0 Å². The van der Waals surface area contributed by atoms with Crippen molar-refractivity contribution in [3.05, 3.63) is 64.3 Å². The summed E-state index contributed by atoms with van der Waals surface area (Å²) in [5.74, 6) is 0.0994. The van der Waals surface area contributed by atoms with E-state index in [1.807, 2.05) is 0 Å². The van der Waals surface area contributed by atoms with Gasteiger partial charge in [0.15, 0.2) is 0 Å². The number of rotatable bonds is 4. The van der Waals surface area contributed by atoms with Crippen molar-refractivity contribution < 1.29 is 9.13 Å². The smallest absolute Gasteiger partial charge is 0.259 e. The normalized spacial score (nSPS) is 10.6. The molecule has 0 saturated heterocycles. The topological polar surface area (TPSA) is 78.8 Å². The summed E-state index contributed by atoms with van der Waals surface area (Å²) < 4.78 is 20.3. The number of pyridine rings is 1. The molecule has 1 heterocycles. The lowest BCUT2D eigenvalue weighted by Gasteiger charge is -2.16. The maximum Gasteiger partial charge on any atom is 0.259 e. The fourth-order valence-electron chi connectivity index (χ4n) is 2.93. The molecule has 1 aromatic heterocycles. The predicted octanol–water partition coefficient (Wildman–Crippen LogP) is 2.97. The maximum atomic E-state index is 13.8. The second-order valence-electron chi connectivity index (χ2n) is 5.46. The van der Waals surface area contributed by atoms with Crippen molar-refractivity contribution in [1.29, 1.82) is 5.26 Å². The molecule has 0 saturated carbocycles. The van der Waals surface area contributed by atoms with Crippen molar-refractivity contribution >= 4 is 10.8 Å². The number of nitrogens with zero attached hydrogens (tertiary/aromatic N) is 2. The Balaban J connectivity index is 2.52. The van der Waals surface area contributed by atoms with Gasteiger partial charge in [-0.1, -0.05) is 12.1 Å². The zero-order chi connectivity index (χ0) is 18.0. The van der Waals surface area contributed by atoms with Gasteiger partial charge in [-0.05, 0) is 35.9 Å². The van der Waals surface area contributed by atoms with E-state index < -0.39 is 5.82 Å². The maximum absolute atomic E-state index is 13.8. The molecule has 0 amide bonds. The Morgan fingerprint density at radius 3 is 2.68 bits per heavy atom. The van der Waals surface area contributed by atoms with Crippen molar-refractivity contribution in [3.63, 3.8) is 0 Å². The van der Waals surface area contributed by atoms with Crippen LogP contribution in [-0.4, -0.2) is 18.2 Å². The Kier molecular flexibility index (Phi) is 4.50. The van der Waals surface area contributed by atoms with Crippen LogP contribution in [0.25, 0.3) is 21.9 Å². The number of hydrogen-bond donors (Lipinski definition) is 0. The standard InChI is InChI=1S/C19H15FN3O2/c1-25-14-5-6-15-16(10-14)18(12-3-2-4-13(20)9-12)17(11-22)23(8-7-21)19(15)24/h2-6,9-10,21H,7-8H2,1H3. The number of ether oxygens (including phenoxy) is 1. The Morgan fingerprint density at radius 2 is 2.04 bits per heavy atom. The highest BCUT2D eigenvalue weighted by molar-refractivity contribution is 5.99. The summed E-state index contributed by atoms with van der Waals surface area (Å²) in [5.41, 5.74) is 8.17. The first-order chi connectivity index (χ1) is 12.1. The molecule has 6 heteroatoms. The van der Waals surface area contributed by atoms with E-state index in [9.17, 15) is 14.4 Å². The molecule has 1 radical (unpaired) electrons. The second kappa shape index (κ2) is 6.75. The molecule has 0 spiro atoms. The van der Waals surface area contributed by atoms with Crippen LogP contribution >= 0.6 is 0 Å². The fourth-order valence-corrected chi connectivity index (χ4v) is 2.93. The van der Waals surface area contributed by atoms with Gasteiger partial charge in [0, 0.05) is 29.4 Å². The third-order valence-corrected chi connectivity index (χ3v) is 4.03. The molecule has 0 aliphatic carbocycles. The zero-order valence-corrected chi connectivity index (χ0v) is 13.5. The lowest BCUT2D eigenvalue weighted by atomic mass is 9.96. The average Bonchev–Trinajstić information content (AvgIpc) is 2.63. The van der Waals surface area contributed by atoms with E-state index in [1.54, 1.807) is 30.3 Å². The molecule has 25 heavy (non-hydrogen) atoms. The van der Waals surface area contributed by atoms with Gasteiger partial charge in [-0.3, -0.25) is 15.1 Å². The number of methoxy groups -OCH3 is 1. The van der Waals surface area contributed by atoms with Crippen LogP contribution in [0.2, 0.25) is 0 Å². The molecule has 0 fully saturated rings.